The first-order chi connectivity index (χ1) is 17.3. The highest BCUT2D eigenvalue weighted by atomic mass is 35.5. The standard InChI is InChI=1S/C23H25ClF3N7O2/c24-12-7-14(25)19(15(26)8-12)32-23-31-18-9-29-22(30-17-5-6-36-10-16(17)27)33-21(18)34(23)13-3-1-11(2-4-13)20(28)35/h7-9,11,13,16-17H,1-6,10H2,(H2,28,35)(H,31,32)(H,29,30,33)/t11?,13?,16-,17?/m1/s1. The Morgan fingerprint density at radius 3 is 2.53 bits per heavy atom. The van der Waals surface area contributed by atoms with Crippen molar-refractivity contribution in [1.82, 2.24) is 19.5 Å². The minimum Gasteiger partial charge on any atom is -0.378 e. The number of nitrogens with two attached hydrogens (primary N) is 1. The number of primary amides is 1. The van der Waals surface area contributed by atoms with Crippen LogP contribution in [-0.4, -0.2) is 50.9 Å². The number of hydrogen-bond donors (Lipinski definition) is 3. The van der Waals surface area contributed by atoms with E-state index in [9.17, 15) is 18.0 Å². The second-order valence-electron chi connectivity index (χ2n) is 9.12. The third-order valence-corrected chi connectivity index (χ3v) is 6.96. The molecule has 0 spiro atoms. The van der Waals surface area contributed by atoms with Crippen molar-refractivity contribution < 1.29 is 22.7 Å². The van der Waals surface area contributed by atoms with E-state index in [0.29, 0.717) is 49.9 Å². The second kappa shape index (κ2) is 10.1. The lowest BCUT2D eigenvalue weighted by molar-refractivity contribution is -0.122. The van der Waals surface area contributed by atoms with Crippen LogP contribution in [0.4, 0.5) is 30.8 Å². The molecule has 1 saturated carbocycles. The normalized spacial score (nSPS) is 24.6. The molecule has 0 bridgehead atoms. The van der Waals surface area contributed by atoms with E-state index in [4.69, 9.17) is 22.1 Å². The molecule has 0 radical (unpaired) electrons. The van der Waals surface area contributed by atoms with Crippen molar-refractivity contribution in [2.24, 2.45) is 11.7 Å². The summed E-state index contributed by atoms with van der Waals surface area (Å²) in [5.74, 6) is -1.97. The van der Waals surface area contributed by atoms with Crippen LogP contribution in [0.5, 0.6) is 0 Å². The minimum absolute atomic E-state index is 0.00671. The maximum Gasteiger partial charge on any atom is 0.225 e. The number of alkyl halides is 1. The molecule has 4 N–H and O–H groups in total. The monoisotopic (exact) mass is 523 g/mol. The molecule has 2 aliphatic rings. The zero-order valence-electron chi connectivity index (χ0n) is 19.2. The number of amides is 1. The summed E-state index contributed by atoms with van der Waals surface area (Å²) in [6.45, 7) is 0.418. The summed E-state index contributed by atoms with van der Waals surface area (Å²) in [5, 5.41) is 5.70. The number of carbonyl (C=O) groups excluding carboxylic acids is 1. The molecule has 1 aliphatic heterocycles. The maximum absolute atomic E-state index is 14.6. The van der Waals surface area contributed by atoms with Crippen LogP contribution in [0.3, 0.4) is 0 Å². The van der Waals surface area contributed by atoms with E-state index in [2.05, 4.69) is 25.6 Å². The third-order valence-electron chi connectivity index (χ3n) is 6.74. The highest BCUT2D eigenvalue weighted by molar-refractivity contribution is 6.30. The molecule has 192 valence electrons. The van der Waals surface area contributed by atoms with Crippen molar-refractivity contribution in [3.8, 4) is 0 Å². The van der Waals surface area contributed by atoms with Gasteiger partial charge in [-0.05, 0) is 44.2 Å². The molecule has 2 fully saturated rings. The quantitative estimate of drug-likeness (QED) is 0.441. The number of ether oxygens (including phenoxy) is 1. The summed E-state index contributed by atoms with van der Waals surface area (Å²) in [4.78, 5) is 25.0. The molecule has 1 amide bonds. The number of nitrogens with one attached hydrogen (secondary N) is 2. The first-order valence-corrected chi connectivity index (χ1v) is 12.1. The van der Waals surface area contributed by atoms with Crippen LogP contribution in [0.1, 0.15) is 38.1 Å². The molecule has 2 atom stereocenters. The van der Waals surface area contributed by atoms with Gasteiger partial charge < -0.3 is 21.1 Å². The zero-order valence-corrected chi connectivity index (χ0v) is 19.9. The Kier molecular flexibility index (Phi) is 6.89. The highest BCUT2D eigenvalue weighted by Gasteiger charge is 2.30. The van der Waals surface area contributed by atoms with E-state index < -0.39 is 29.5 Å². The van der Waals surface area contributed by atoms with Crippen LogP contribution in [0, 0.1) is 17.6 Å². The lowest BCUT2D eigenvalue weighted by Crippen LogP contribution is -2.39. The Bertz CT molecular complexity index is 1260. The zero-order chi connectivity index (χ0) is 25.4. The number of imidazole rings is 1. The van der Waals surface area contributed by atoms with E-state index in [0.717, 1.165) is 12.1 Å². The van der Waals surface area contributed by atoms with Crippen molar-refractivity contribution in [2.75, 3.05) is 23.8 Å². The van der Waals surface area contributed by atoms with Gasteiger partial charge in [0.25, 0.3) is 0 Å². The molecular formula is C23H25ClF3N7O2. The second-order valence-corrected chi connectivity index (χ2v) is 9.55. The van der Waals surface area contributed by atoms with Gasteiger partial charge in [-0.3, -0.25) is 9.36 Å². The molecule has 1 aromatic carbocycles. The first kappa shape index (κ1) is 24.6. The average molecular weight is 524 g/mol. The predicted molar refractivity (Wildman–Crippen MR) is 128 cm³/mol. The first-order valence-electron chi connectivity index (χ1n) is 11.7. The largest absolute Gasteiger partial charge is 0.378 e. The van der Waals surface area contributed by atoms with Gasteiger partial charge in [0.15, 0.2) is 17.3 Å². The Balaban J connectivity index is 1.53. The number of fused-ring (bicyclic) bond motifs is 1. The third kappa shape index (κ3) is 4.92. The number of carbonyl (C=O) groups is 1. The summed E-state index contributed by atoms with van der Waals surface area (Å²) in [5.41, 5.74) is 5.88. The SMILES string of the molecule is NC(=O)C1CCC(n2c(Nc3c(F)cc(Cl)cc3F)nc3cnc(NC4CCOC[C@H]4F)nc32)CC1. The Morgan fingerprint density at radius 1 is 1.14 bits per heavy atom. The van der Waals surface area contributed by atoms with E-state index >= 15 is 0 Å². The molecule has 1 saturated heterocycles. The summed E-state index contributed by atoms with van der Waals surface area (Å²) >= 11 is 5.76. The number of anilines is 3. The van der Waals surface area contributed by atoms with Gasteiger partial charge in [-0.2, -0.15) is 4.98 Å². The fourth-order valence-corrected chi connectivity index (χ4v) is 5.01. The number of halogens is 4. The Morgan fingerprint density at radius 2 is 1.86 bits per heavy atom. The van der Waals surface area contributed by atoms with Crippen molar-refractivity contribution in [3.63, 3.8) is 0 Å². The van der Waals surface area contributed by atoms with E-state index in [1.54, 1.807) is 4.57 Å². The lowest BCUT2D eigenvalue weighted by atomic mass is 9.85. The maximum atomic E-state index is 14.6. The molecule has 9 nitrogen and oxygen atoms in total. The van der Waals surface area contributed by atoms with Crippen LogP contribution in [0.15, 0.2) is 18.3 Å². The van der Waals surface area contributed by atoms with Crippen LogP contribution in [-0.2, 0) is 9.53 Å². The Labute approximate surface area is 209 Å². The summed E-state index contributed by atoms with van der Waals surface area (Å²) in [7, 11) is 0. The van der Waals surface area contributed by atoms with Crippen molar-refractivity contribution in [1.29, 1.82) is 0 Å². The summed E-state index contributed by atoms with van der Waals surface area (Å²) in [6.07, 6.45) is 3.01. The number of hydrogen-bond acceptors (Lipinski definition) is 7. The van der Waals surface area contributed by atoms with Gasteiger partial charge in [0, 0.05) is 23.6 Å². The minimum atomic E-state index is -1.21. The molecule has 5 rings (SSSR count). The average Bonchev–Trinajstić information content (AvgIpc) is 3.20. The predicted octanol–water partition coefficient (Wildman–Crippen LogP) is 4.26. The van der Waals surface area contributed by atoms with Crippen LogP contribution in [0.25, 0.3) is 11.2 Å². The molecule has 1 unspecified atom stereocenters. The van der Waals surface area contributed by atoms with Crippen molar-refractivity contribution in [2.45, 2.75) is 50.4 Å². The fourth-order valence-electron chi connectivity index (χ4n) is 4.82. The van der Waals surface area contributed by atoms with Gasteiger partial charge in [0.2, 0.25) is 17.8 Å². The summed E-state index contributed by atoms with van der Waals surface area (Å²) < 4.78 is 50.3. The van der Waals surface area contributed by atoms with Gasteiger partial charge >= 0.3 is 0 Å². The fraction of sp³-hybridized carbons (Fsp3) is 0.478. The smallest absolute Gasteiger partial charge is 0.225 e. The molecule has 1 aliphatic carbocycles. The van der Waals surface area contributed by atoms with E-state index in [1.807, 2.05) is 0 Å². The van der Waals surface area contributed by atoms with Crippen LogP contribution in [0.2, 0.25) is 5.02 Å². The van der Waals surface area contributed by atoms with Crippen LogP contribution < -0.4 is 16.4 Å². The molecule has 13 heteroatoms. The number of rotatable bonds is 6. The molecule has 3 heterocycles. The van der Waals surface area contributed by atoms with Crippen LogP contribution >= 0.6 is 11.6 Å². The van der Waals surface area contributed by atoms with Gasteiger partial charge in [-0.25, -0.2) is 23.1 Å². The molecule has 2 aromatic heterocycles. The molecular weight excluding hydrogens is 499 g/mol. The van der Waals surface area contributed by atoms with Gasteiger partial charge in [0.1, 0.15) is 17.4 Å². The number of aromatic nitrogens is 4. The number of benzene rings is 1. The topological polar surface area (TPSA) is 120 Å². The van der Waals surface area contributed by atoms with Crippen molar-refractivity contribution >= 4 is 46.3 Å². The number of nitrogens with zero attached hydrogens (tertiary/aromatic N) is 4. The lowest BCUT2D eigenvalue weighted by Gasteiger charge is -2.29. The Hall–Kier alpha value is -3.12. The van der Waals surface area contributed by atoms with Gasteiger partial charge in [-0.1, -0.05) is 11.6 Å². The van der Waals surface area contributed by atoms with E-state index in [1.165, 1.54) is 6.20 Å². The molecule has 3 aromatic rings. The molecule has 36 heavy (non-hydrogen) atoms. The summed E-state index contributed by atoms with van der Waals surface area (Å²) in [6, 6.07) is 1.32. The van der Waals surface area contributed by atoms with E-state index in [-0.39, 0.29) is 41.4 Å². The van der Waals surface area contributed by atoms with Crippen molar-refractivity contribution in [3.05, 3.63) is 35.0 Å². The van der Waals surface area contributed by atoms with Gasteiger partial charge in [-0.15, -0.1) is 0 Å². The van der Waals surface area contributed by atoms with Gasteiger partial charge in [0.05, 0.1) is 18.8 Å². The highest BCUT2D eigenvalue weighted by Crippen LogP contribution is 2.37.